The molecule has 178 valence electrons. The van der Waals surface area contributed by atoms with Gasteiger partial charge in [-0.15, -0.1) is 0 Å². The van der Waals surface area contributed by atoms with Crippen LogP contribution in [0.4, 0.5) is 11.4 Å². The molecule has 0 bridgehead atoms. The Labute approximate surface area is 204 Å². The monoisotopic (exact) mass is 492 g/mol. The maximum Gasteiger partial charge on any atom is 0.292 e. The van der Waals surface area contributed by atoms with Crippen LogP contribution in [-0.4, -0.2) is 56.3 Å². The van der Waals surface area contributed by atoms with Crippen LogP contribution < -0.4 is 10.5 Å². The molecule has 4 aromatic rings. The lowest BCUT2D eigenvalue weighted by Crippen LogP contribution is -2.50. The number of fused-ring (bicyclic) bond motifs is 1. The van der Waals surface area contributed by atoms with E-state index in [1.165, 1.54) is 16.8 Å². The Bertz CT molecular complexity index is 1470. The summed E-state index contributed by atoms with van der Waals surface area (Å²) in [6, 6.07) is 15.4. The first-order valence-corrected chi connectivity index (χ1v) is 11.4. The Morgan fingerprint density at radius 2 is 1.80 bits per heavy atom. The van der Waals surface area contributed by atoms with Gasteiger partial charge in [0, 0.05) is 55.4 Å². The fourth-order valence-corrected chi connectivity index (χ4v) is 4.53. The molecule has 0 spiro atoms. The number of carbonyl (C=O) groups excluding carboxylic acids is 1. The molecule has 10 nitrogen and oxygen atoms in total. The highest BCUT2D eigenvalue weighted by Gasteiger charge is 2.24. The van der Waals surface area contributed by atoms with E-state index >= 15 is 0 Å². The van der Waals surface area contributed by atoms with Gasteiger partial charge in [-0.2, -0.15) is 9.78 Å². The van der Waals surface area contributed by atoms with Crippen molar-refractivity contribution in [3.8, 4) is 5.69 Å². The standard InChI is InChI=1S/C24H21ClN6O4/c25-23-21(15-26-30(24(23)33)18-4-2-1-3-5-18)27-10-12-28(13-11-27)22(32)16-29-9-8-17-14-19(31(34)35)6-7-20(17)29/h1-9,14-15H,10-13,16H2. The first kappa shape index (κ1) is 22.6. The highest BCUT2D eigenvalue weighted by Crippen LogP contribution is 2.24. The van der Waals surface area contributed by atoms with Crippen LogP contribution in [0.1, 0.15) is 0 Å². The lowest BCUT2D eigenvalue weighted by atomic mass is 10.2. The van der Waals surface area contributed by atoms with Crippen molar-refractivity contribution >= 4 is 39.8 Å². The number of para-hydroxylation sites is 1. The van der Waals surface area contributed by atoms with Gasteiger partial charge in [-0.1, -0.05) is 29.8 Å². The van der Waals surface area contributed by atoms with E-state index in [0.717, 1.165) is 5.52 Å². The van der Waals surface area contributed by atoms with Crippen molar-refractivity contribution in [1.29, 1.82) is 0 Å². The van der Waals surface area contributed by atoms with Crippen LogP contribution in [-0.2, 0) is 11.3 Å². The molecule has 0 radical (unpaired) electrons. The van der Waals surface area contributed by atoms with Gasteiger partial charge in [0.05, 0.1) is 22.5 Å². The van der Waals surface area contributed by atoms with Gasteiger partial charge in [0.2, 0.25) is 5.91 Å². The number of anilines is 1. The zero-order chi connectivity index (χ0) is 24.5. The van der Waals surface area contributed by atoms with Crippen molar-refractivity contribution in [2.24, 2.45) is 0 Å². The van der Waals surface area contributed by atoms with Gasteiger partial charge in [0.25, 0.3) is 11.2 Å². The SMILES string of the molecule is O=C(Cn1ccc2cc([N+](=O)[O-])ccc21)N1CCN(c2cnn(-c3ccccc3)c(=O)c2Cl)CC1. The second-order valence-electron chi connectivity index (χ2n) is 8.21. The molecule has 1 saturated heterocycles. The summed E-state index contributed by atoms with van der Waals surface area (Å²) < 4.78 is 3.05. The van der Waals surface area contributed by atoms with Crippen molar-refractivity contribution in [2.45, 2.75) is 6.54 Å². The third kappa shape index (κ3) is 4.35. The molecule has 0 N–H and O–H groups in total. The van der Waals surface area contributed by atoms with Crippen molar-refractivity contribution in [2.75, 3.05) is 31.1 Å². The maximum absolute atomic E-state index is 12.9. The fourth-order valence-electron chi connectivity index (χ4n) is 4.28. The summed E-state index contributed by atoms with van der Waals surface area (Å²) in [5.41, 5.74) is 1.57. The number of hydrogen-bond acceptors (Lipinski definition) is 6. The van der Waals surface area contributed by atoms with Gasteiger partial charge in [-0.05, 0) is 24.3 Å². The molecule has 0 unspecified atom stereocenters. The number of nitro benzene ring substituents is 1. The molecule has 3 heterocycles. The molecular formula is C24H21ClN6O4. The molecule has 1 fully saturated rings. The quantitative estimate of drug-likeness (QED) is 0.313. The van der Waals surface area contributed by atoms with Crippen LogP contribution in [0.2, 0.25) is 5.02 Å². The van der Waals surface area contributed by atoms with Crippen molar-refractivity contribution < 1.29 is 9.72 Å². The van der Waals surface area contributed by atoms with E-state index in [4.69, 9.17) is 11.6 Å². The highest BCUT2D eigenvalue weighted by atomic mass is 35.5. The van der Waals surface area contributed by atoms with E-state index in [1.807, 2.05) is 23.1 Å². The number of rotatable bonds is 5. The van der Waals surface area contributed by atoms with Crippen molar-refractivity contribution in [3.05, 3.63) is 92.5 Å². The summed E-state index contributed by atoms with van der Waals surface area (Å²) in [5.74, 6) is -0.0516. The third-order valence-electron chi connectivity index (χ3n) is 6.15. The van der Waals surface area contributed by atoms with Crippen LogP contribution in [0.15, 0.2) is 71.8 Å². The smallest absolute Gasteiger partial charge is 0.292 e. The number of amides is 1. The molecule has 2 aromatic heterocycles. The maximum atomic E-state index is 12.9. The van der Waals surface area contributed by atoms with Crippen molar-refractivity contribution in [3.63, 3.8) is 0 Å². The van der Waals surface area contributed by atoms with Gasteiger partial charge < -0.3 is 14.4 Å². The largest absolute Gasteiger partial charge is 0.365 e. The first-order valence-electron chi connectivity index (χ1n) is 11.0. The van der Waals surface area contributed by atoms with Crippen molar-refractivity contribution in [1.82, 2.24) is 19.2 Å². The summed E-state index contributed by atoms with van der Waals surface area (Å²) >= 11 is 6.42. The lowest BCUT2D eigenvalue weighted by Gasteiger charge is -2.36. The first-order chi connectivity index (χ1) is 16.9. The highest BCUT2D eigenvalue weighted by molar-refractivity contribution is 6.33. The molecule has 35 heavy (non-hydrogen) atoms. The predicted octanol–water partition coefficient (Wildman–Crippen LogP) is 3.10. The number of nitrogens with zero attached hydrogens (tertiary/aromatic N) is 6. The Hall–Kier alpha value is -4.18. The third-order valence-corrected chi connectivity index (χ3v) is 6.50. The normalized spacial score (nSPS) is 13.9. The van der Waals surface area contributed by atoms with E-state index in [2.05, 4.69) is 5.10 Å². The topological polar surface area (TPSA) is 107 Å². The van der Waals surface area contributed by atoms with Crippen LogP contribution in [0.3, 0.4) is 0 Å². The number of piperazine rings is 1. The minimum absolute atomic E-state index is 0.0160. The van der Waals surface area contributed by atoms with Crippen LogP contribution in [0.5, 0.6) is 0 Å². The number of carbonyl (C=O) groups is 1. The minimum atomic E-state index is -0.438. The molecule has 0 atom stereocenters. The van der Waals surface area contributed by atoms with E-state index in [1.54, 1.807) is 46.1 Å². The lowest BCUT2D eigenvalue weighted by molar-refractivity contribution is -0.384. The second-order valence-corrected chi connectivity index (χ2v) is 8.59. The number of non-ortho nitro benzene ring substituents is 1. The molecule has 11 heteroatoms. The van der Waals surface area contributed by atoms with Crippen LogP contribution in [0.25, 0.3) is 16.6 Å². The Kier molecular flexibility index (Phi) is 5.96. The average molecular weight is 493 g/mol. The molecular weight excluding hydrogens is 472 g/mol. The van der Waals surface area contributed by atoms with E-state index in [0.29, 0.717) is 42.9 Å². The second kappa shape index (κ2) is 9.22. The molecule has 5 rings (SSSR count). The number of aromatic nitrogens is 3. The molecule has 0 saturated carbocycles. The summed E-state index contributed by atoms with van der Waals surface area (Å²) in [6.45, 7) is 2.11. The van der Waals surface area contributed by atoms with Gasteiger partial charge in [-0.3, -0.25) is 19.7 Å². The summed E-state index contributed by atoms with van der Waals surface area (Å²) in [4.78, 5) is 40.0. The predicted molar refractivity (Wildman–Crippen MR) is 132 cm³/mol. The molecule has 2 aromatic carbocycles. The minimum Gasteiger partial charge on any atom is -0.365 e. The summed E-state index contributed by atoms with van der Waals surface area (Å²) in [5, 5.41) is 16.1. The van der Waals surface area contributed by atoms with Gasteiger partial charge in [-0.25, -0.2) is 0 Å². The molecule has 1 aliphatic rings. The van der Waals surface area contributed by atoms with E-state index < -0.39 is 10.5 Å². The zero-order valence-electron chi connectivity index (χ0n) is 18.6. The van der Waals surface area contributed by atoms with Gasteiger partial charge in [0.1, 0.15) is 11.6 Å². The summed E-state index contributed by atoms with van der Waals surface area (Å²) in [6.07, 6.45) is 3.34. The number of nitro groups is 1. The summed E-state index contributed by atoms with van der Waals surface area (Å²) in [7, 11) is 0. The molecule has 1 amide bonds. The average Bonchev–Trinajstić information content (AvgIpc) is 3.28. The molecule has 0 aliphatic carbocycles. The number of halogens is 1. The Morgan fingerprint density at radius 3 is 2.51 bits per heavy atom. The zero-order valence-corrected chi connectivity index (χ0v) is 19.3. The number of benzene rings is 2. The molecule has 1 aliphatic heterocycles. The van der Waals surface area contributed by atoms with Gasteiger partial charge in [0.15, 0.2) is 0 Å². The number of hydrogen-bond donors (Lipinski definition) is 0. The van der Waals surface area contributed by atoms with Gasteiger partial charge >= 0.3 is 0 Å². The Balaban J connectivity index is 1.26. The van der Waals surface area contributed by atoms with Crippen LogP contribution >= 0.6 is 11.6 Å². The van der Waals surface area contributed by atoms with E-state index in [9.17, 15) is 19.7 Å². The fraction of sp³-hybridized carbons (Fsp3) is 0.208. The van der Waals surface area contributed by atoms with E-state index in [-0.39, 0.29) is 23.2 Å². The van der Waals surface area contributed by atoms with Crippen LogP contribution in [0, 0.1) is 10.1 Å². The Morgan fingerprint density at radius 1 is 1.06 bits per heavy atom.